The van der Waals surface area contributed by atoms with Crippen molar-refractivity contribution in [1.82, 2.24) is 20.9 Å². The first-order chi connectivity index (χ1) is 11.7. The third kappa shape index (κ3) is 6.70. The van der Waals surface area contributed by atoms with E-state index in [9.17, 15) is 4.79 Å². The van der Waals surface area contributed by atoms with E-state index in [0.29, 0.717) is 13.1 Å². The molecule has 0 atom stereocenters. The number of nitrogens with one attached hydrogen (secondary N) is 2. The molecule has 1 aromatic heterocycles. The van der Waals surface area contributed by atoms with Crippen LogP contribution in [0.2, 0.25) is 0 Å². The number of rotatable bonds is 9. The molecule has 0 saturated carbocycles. The van der Waals surface area contributed by atoms with Gasteiger partial charge >= 0.3 is 0 Å². The van der Waals surface area contributed by atoms with Crippen molar-refractivity contribution in [3.63, 3.8) is 0 Å². The van der Waals surface area contributed by atoms with Gasteiger partial charge in [0.2, 0.25) is 11.5 Å². The van der Waals surface area contributed by atoms with Crippen molar-refractivity contribution in [2.45, 2.75) is 20.4 Å². The van der Waals surface area contributed by atoms with Gasteiger partial charge in [-0.05, 0) is 41.9 Å². The van der Waals surface area contributed by atoms with Crippen LogP contribution in [0.3, 0.4) is 0 Å². The molecule has 0 bridgehead atoms. The van der Waals surface area contributed by atoms with Gasteiger partial charge in [-0.15, -0.1) is 24.8 Å². The van der Waals surface area contributed by atoms with Crippen LogP contribution in [-0.4, -0.2) is 42.4 Å². The van der Waals surface area contributed by atoms with Crippen LogP contribution >= 0.6 is 24.8 Å². The maximum absolute atomic E-state index is 11.7. The van der Waals surface area contributed by atoms with Gasteiger partial charge < -0.3 is 21.3 Å². The molecule has 1 amide bonds. The minimum atomic E-state index is -0.390. The van der Waals surface area contributed by atoms with Crippen LogP contribution in [0.4, 0.5) is 11.5 Å². The molecule has 0 radical (unpaired) electrons. The number of halogens is 2. The van der Waals surface area contributed by atoms with E-state index in [-0.39, 0.29) is 42.2 Å². The van der Waals surface area contributed by atoms with Crippen molar-refractivity contribution in [1.29, 1.82) is 0 Å². The highest BCUT2D eigenvalue weighted by Crippen LogP contribution is 2.14. The van der Waals surface area contributed by atoms with Gasteiger partial charge in [0.15, 0.2) is 0 Å². The molecule has 10 heteroatoms. The number of anilines is 2. The van der Waals surface area contributed by atoms with Gasteiger partial charge in [0.25, 0.3) is 5.91 Å². The molecule has 2 rings (SSSR count). The highest BCUT2D eigenvalue weighted by molar-refractivity contribution is 5.95. The Kier molecular flexibility index (Phi) is 11.4. The molecule has 8 nitrogen and oxygen atoms in total. The monoisotopic (exact) mass is 404 g/mol. The fourth-order valence-electron chi connectivity index (χ4n) is 2.35. The van der Waals surface area contributed by atoms with Crippen molar-refractivity contribution in [2.75, 3.05) is 36.8 Å². The summed E-state index contributed by atoms with van der Waals surface area (Å²) < 4.78 is 4.39. The second kappa shape index (κ2) is 12.3. The third-order valence-electron chi connectivity index (χ3n) is 3.71. The lowest BCUT2D eigenvalue weighted by Crippen LogP contribution is -2.32. The predicted molar refractivity (Wildman–Crippen MR) is 107 cm³/mol. The van der Waals surface area contributed by atoms with Crippen LogP contribution < -0.4 is 21.3 Å². The van der Waals surface area contributed by atoms with Gasteiger partial charge in [0.1, 0.15) is 0 Å². The molecule has 26 heavy (non-hydrogen) atoms. The first kappa shape index (κ1) is 24.0. The van der Waals surface area contributed by atoms with Crippen molar-refractivity contribution in [3.05, 3.63) is 35.5 Å². The van der Waals surface area contributed by atoms with E-state index in [1.54, 1.807) is 0 Å². The Bertz CT molecular complexity index is 646. The third-order valence-corrected chi connectivity index (χ3v) is 3.71. The van der Waals surface area contributed by atoms with E-state index >= 15 is 0 Å². The summed E-state index contributed by atoms with van der Waals surface area (Å²) in [4.78, 5) is 14.0. The van der Waals surface area contributed by atoms with E-state index in [0.717, 1.165) is 19.6 Å². The van der Waals surface area contributed by atoms with Crippen LogP contribution in [0.25, 0.3) is 0 Å². The molecule has 1 heterocycles. The smallest absolute Gasteiger partial charge is 0.277 e. The molecule has 0 aliphatic heterocycles. The van der Waals surface area contributed by atoms with Crippen molar-refractivity contribution in [3.8, 4) is 0 Å². The molecule has 0 fully saturated rings. The zero-order valence-corrected chi connectivity index (χ0v) is 16.5. The van der Waals surface area contributed by atoms with Crippen LogP contribution in [-0.2, 0) is 6.54 Å². The maximum atomic E-state index is 11.7. The van der Waals surface area contributed by atoms with Gasteiger partial charge in [0.05, 0.1) is 0 Å². The van der Waals surface area contributed by atoms with E-state index < -0.39 is 0 Å². The fourth-order valence-corrected chi connectivity index (χ4v) is 2.35. The summed E-state index contributed by atoms with van der Waals surface area (Å²) in [5.74, 6) is -0.395. The molecule has 0 spiro atoms. The Labute approximate surface area is 165 Å². The Morgan fingerprint density at radius 2 is 1.77 bits per heavy atom. The Hall–Kier alpha value is -2.03. The number of nitrogen functional groups attached to an aromatic ring is 1. The lowest BCUT2D eigenvalue weighted by atomic mass is 10.2. The van der Waals surface area contributed by atoms with Gasteiger partial charge in [0, 0.05) is 38.4 Å². The number of nitrogens with two attached hydrogens (primary N) is 1. The van der Waals surface area contributed by atoms with Crippen LogP contribution in [0.5, 0.6) is 0 Å². The molecule has 0 aliphatic rings. The Balaban J connectivity index is 0.00000312. The molecule has 4 N–H and O–H groups in total. The van der Waals surface area contributed by atoms with E-state index in [1.807, 2.05) is 0 Å². The summed E-state index contributed by atoms with van der Waals surface area (Å²) in [5.41, 5.74) is 7.90. The van der Waals surface area contributed by atoms with Gasteiger partial charge in [-0.3, -0.25) is 4.79 Å². The predicted octanol–water partition coefficient (Wildman–Crippen LogP) is 1.86. The molecule has 0 saturated heterocycles. The number of carbonyl (C=O) groups is 1. The summed E-state index contributed by atoms with van der Waals surface area (Å²) in [6.45, 7) is 8.13. The zero-order valence-electron chi connectivity index (χ0n) is 14.9. The average molecular weight is 405 g/mol. The van der Waals surface area contributed by atoms with Crippen molar-refractivity contribution in [2.24, 2.45) is 0 Å². The largest absolute Gasteiger partial charge is 0.379 e. The van der Waals surface area contributed by atoms with Crippen molar-refractivity contribution < 1.29 is 9.42 Å². The van der Waals surface area contributed by atoms with E-state index in [4.69, 9.17) is 5.73 Å². The molecular weight excluding hydrogens is 379 g/mol. The molecule has 0 aliphatic carbocycles. The Morgan fingerprint density at radius 3 is 2.31 bits per heavy atom. The number of carbonyl (C=O) groups excluding carboxylic acids is 1. The zero-order chi connectivity index (χ0) is 17.4. The minimum absolute atomic E-state index is 0. The highest BCUT2D eigenvalue weighted by atomic mass is 35.5. The second-order valence-corrected chi connectivity index (χ2v) is 5.27. The molecule has 146 valence electrons. The summed E-state index contributed by atoms with van der Waals surface area (Å²) in [5, 5.41) is 12.8. The average Bonchev–Trinajstić information content (AvgIpc) is 3.03. The molecule has 2 aromatic rings. The standard InChI is InChI=1S/C16H24N6O2.2ClH/c1-3-22(4-2)13-7-5-12(6-8-13)11-18-9-10-19-16(23)14-15(17)21-24-20-14;;/h5-8,18H,3-4,9-11H2,1-2H3,(H2,17,21)(H,19,23);2*1H. The lowest BCUT2D eigenvalue weighted by Gasteiger charge is -2.21. The topological polar surface area (TPSA) is 109 Å². The quantitative estimate of drug-likeness (QED) is 0.547. The van der Waals surface area contributed by atoms with E-state index in [2.05, 4.69) is 68.6 Å². The number of hydrogen-bond donors (Lipinski definition) is 3. The highest BCUT2D eigenvalue weighted by Gasteiger charge is 2.14. The van der Waals surface area contributed by atoms with Crippen LogP contribution in [0.1, 0.15) is 29.9 Å². The second-order valence-electron chi connectivity index (χ2n) is 5.27. The number of aromatic nitrogens is 2. The van der Waals surface area contributed by atoms with Crippen LogP contribution in [0.15, 0.2) is 28.9 Å². The summed E-state index contributed by atoms with van der Waals surface area (Å²) in [7, 11) is 0. The first-order valence-electron chi connectivity index (χ1n) is 8.06. The SMILES string of the molecule is CCN(CC)c1ccc(CNCCNC(=O)c2nonc2N)cc1.Cl.Cl. The molecular formula is C16H26Cl2N6O2. The summed E-state index contributed by atoms with van der Waals surface area (Å²) in [6, 6.07) is 8.49. The molecule has 0 unspecified atom stereocenters. The Morgan fingerprint density at radius 1 is 1.12 bits per heavy atom. The minimum Gasteiger partial charge on any atom is -0.379 e. The van der Waals surface area contributed by atoms with Gasteiger partial charge in [-0.1, -0.05) is 12.1 Å². The summed E-state index contributed by atoms with van der Waals surface area (Å²) >= 11 is 0. The fraction of sp³-hybridized carbons (Fsp3) is 0.438. The van der Waals surface area contributed by atoms with Gasteiger partial charge in [-0.2, -0.15) is 0 Å². The number of benzene rings is 1. The number of amides is 1. The number of nitrogens with zero attached hydrogens (tertiary/aromatic N) is 3. The van der Waals surface area contributed by atoms with Crippen molar-refractivity contribution >= 4 is 42.2 Å². The number of hydrogen-bond acceptors (Lipinski definition) is 7. The van der Waals surface area contributed by atoms with E-state index in [1.165, 1.54) is 11.3 Å². The van der Waals surface area contributed by atoms with Crippen LogP contribution in [0, 0.1) is 0 Å². The maximum Gasteiger partial charge on any atom is 0.277 e. The molecule has 1 aromatic carbocycles. The normalized spacial score (nSPS) is 9.77. The lowest BCUT2D eigenvalue weighted by molar-refractivity contribution is 0.0944. The van der Waals surface area contributed by atoms with Gasteiger partial charge in [-0.25, -0.2) is 4.63 Å². The first-order valence-corrected chi connectivity index (χ1v) is 8.06. The summed E-state index contributed by atoms with van der Waals surface area (Å²) in [6.07, 6.45) is 0.